The molecule has 1 heterocycles. The third-order valence-electron chi connectivity index (χ3n) is 5.48. The number of rotatable bonds is 5. The summed E-state index contributed by atoms with van der Waals surface area (Å²) in [6.45, 7) is -0.333. The average Bonchev–Trinajstić information content (AvgIpc) is 3.52. The van der Waals surface area contributed by atoms with Gasteiger partial charge in [0.15, 0.2) is 0 Å². The minimum Gasteiger partial charge on any atom is -0.395 e. The van der Waals surface area contributed by atoms with Crippen LogP contribution in [0.1, 0.15) is 35.4 Å². The molecule has 1 saturated heterocycles. The molecule has 2 aliphatic rings. The van der Waals surface area contributed by atoms with Crippen LogP contribution in [0, 0.1) is 29.1 Å². The van der Waals surface area contributed by atoms with Gasteiger partial charge in [-0.3, -0.25) is 0 Å². The predicted molar refractivity (Wildman–Crippen MR) is 110 cm³/mol. The van der Waals surface area contributed by atoms with E-state index in [2.05, 4.69) is 17.9 Å². The zero-order chi connectivity index (χ0) is 20.4. The summed E-state index contributed by atoms with van der Waals surface area (Å²) in [5.41, 5.74) is 2.41. The fourth-order valence-electron chi connectivity index (χ4n) is 3.81. The van der Waals surface area contributed by atoms with Crippen molar-refractivity contribution in [2.45, 2.75) is 36.6 Å². The SMILES string of the molecule is N#C[C@@H]1[C@@H](c2ccc(C#CC3CC3)cc2)[C@@H](CO)N1S(=O)(=O)Cc1ccccc1. The summed E-state index contributed by atoms with van der Waals surface area (Å²) in [6.07, 6.45) is 2.34. The topological polar surface area (TPSA) is 81.4 Å². The van der Waals surface area contributed by atoms with Gasteiger partial charge in [-0.25, -0.2) is 8.42 Å². The largest absolute Gasteiger partial charge is 0.395 e. The molecule has 29 heavy (non-hydrogen) atoms. The minimum atomic E-state index is -3.73. The number of aliphatic hydroxyl groups is 1. The summed E-state index contributed by atoms with van der Waals surface area (Å²) in [5, 5.41) is 19.6. The van der Waals surface area contributed by atoms with Gasteiger partial charge in [-0.1, -0.05) is 54.3 Å². The molecule has 5 nitrogen and oxygen atoms in total. The quantitative estimate of drug-likeness (QED) is 0.774. The van der Waals surface area contributed by atoms with Crippen LogP contribution in [0.15, 0.2) is 54.6 Å². The molecule has 1 aliphatic heterocycles. The van der Waals surface area contributed by atoms with Crippen LogP contribution in [-0.4, -0.2) is 36.5 Å². The zero-order valence-corrected chi connectivity index (χ0v) is 16.7. The van der Waals surface area contributed by atoms with Crippen LogP contribution < -0.4 is 0 Å². The molecular formula is C23H22N2O3S. The van der Waals surface area contributed by atoms with Crippen LogP contribution in [-0.2, 0) is 15.8 Å². The molecule has 1 aliphatic carbocycles. The van der Waals surface area contributed by atoms with Gasteiger partial charge in [-0.2, -0.15) is 9.57 Å². The molecule has 0 aromatic heterocycles. The van der Waals surface area contributed by atoms with Crippen molar-refractivity contribution in [2.24, 2.45) is 5.92 Å². The lowest BCUT2D eigenvalue weighted by Gasteiger charge is -2.50. The molecule has 6 heteroatoms. The molecule has 0 bridgehead atoms. The van der Waals surface area contributed by atoms with Gasteiger partial charge in [0.25, 0.3) is 0 Å². The molecule has 2 fully saturated rings. The number of nitriles is 1. The van der Waals surface area contributed by atoms with Crippen LogP contribution in [0.5, 0.6) is 0 Å². The molecule has 1 saturated carbocycles. The second kappa shape index (κ2) is 8.00. The van der Waals surface area contributed by atoms with E-state index in [0.29, 0.717) is 11.5 Å². The van der Waals surface area contributed by atoms with Gasteiger partial charge in [0, 0.05) is 17.4 Å². The van der Waals surface area contributed by atoms with E-state index < -0.39 is 22.1 Å². The van der Waals surface area contributed by atoms with Crippen LogP contribution in [0.25, 0.3) is 0 Å². The lowest BCUT2D eigenvalue weighted by Crippen LogP contribution is -2.65. The number of hydrogen-bond donors (Lipinski definition) is 1. The maximum absolute atomic E-state index is 13.0. The molecule has 148 valence electrons. The first-order chi connectivity index (χ1) is 14.0. The first-order valence-electron chi connectivity index (χ1n) is 9.70. The zero-order valence-electron chi connectivity index (χ0n) is 15.9. The molecule has 2 aromatic carbocycles. The number of hydrogen-bond acceptors (Lipinski definition) is 4. The van der Waals surface area contributed by atoms with Gasteiger partial charge in [-0.05, 0) is 36.1 Å². The molecule has 4 rings (SSSR count). The van der Waals surface area contributed by atoms with E-state index in [-0.39, 0.29) is 18.3 Å². The molecule has 1 N–H and O–H groups in total. The van der Waals surface area contributed by atoms with Crippen molar-refractivity contribution in [1.82, 2.24) is 4.31 Å². The third-order valence-corrected chi connectivity index (χ3v) is 7.32. The monoisotopic (exact) mass is 406 g/mol. The highest BCUT2D eigenvalue weighted by Crippen LogP contribution is 2.43. The van der Waals surface area contributed by atoms with Crippen LogP contribution in [0.2, 0.25) is 0 Å². The molecular weight excluding hydrogens is 384 g/mol. The molecule has 0 amide bonds. The van der Waals surface area contributed by atoms with Gasteiger partial charge < -0.3 is 5.11 Å². The highest BCUT2D eigenvalue weighted by molar-refractivity contribution is 7.88. The van der Waals surface area contributed by atoms with Gasteiger partial charge in [0.05, 0.1) is 24.5 Å². The highest BCUT2D eigenvalue weighted by atomic mass is 32.2. The Balaban J connectivity index is 1.55. The number of nitrogens with zero attached hydrogens (tertiary/aromatic N) is 2. The van der Waals surface area contributed by atoms with Gasteiger partial charge in [0.1, 0.15) is 6.04 Å². The molecule has 0 spiro atoms. The van der Waals surface area contributed by atoms with Gasteiger partial charge in [0.2, 0.25) is 10.0 Å². The summed E-state index contributed by atoms with van der Waals surface area (Å²) in [4.78, 5) is 0. The van der Waals surface area contributed by atoms with Crippen LogP contribution in [0.4, 0.5) is 0 Å². The normalized spacial score (nSPS) is 24.1. The number of benzene rings is 2. The minimum absolute atomic E-state index is 0.190. The summed E-state index contributed by atoms with van der Waals surface area (Å²) in [5.74, 6) is 6.33. The second-order valence-corrected chi connectivity index (χ2v) is 9.46. The summed E-state index contributed by atoms with van der Waals surface area (Å²) in [7, 11) is -3.73. The fraction of sp³-hybridized carbons (Fsp3) is 0.348. The second-order valence-electron chi connectivity index (χ2n) is 7.59. The van der Waals surface area contributed by atoms with E-state index in [4.69, 9.17) is 0 Å². The third kappa shape index (κ3) is 4.06. The smallest absolute Gasteiger partial charge is 0.219 e. The maximum Gasteiger partial charge on any atom is 0.219 e. The van der Waals surface area contributed by atoms with E-state index in [0.717, 1.165) is 11.1 Å². The summed E-state index contributed by atoms with van der Waals surface area (Å²) in [6, 6.07) is 17.1. The summed E-state index contributed by atoms with van der Waals surface area (Å²) >= 11 is 0. The molecule has 0 radical (unpaired) electrons. The van der Waals surface area contributed by atoms with Crippen molar-refractivity contribution in [3.63, 3.8) is 0 Å². The Kier molecular flexibility index (Phi) is 5.43. The van der Waals surface area contributed by atoms with E-state index in [1.807, 2.05) is 30.3 Å². The van der Waals surface area contributed by atoms with E-state index in [1.165, 1.54) is 17.1 Å². The van der Waals surface area contributed by atoms with Crippen LogP contribution >= 0.6 is 0 Å². The standard InChI is InChI=1S/C23H22N2O3S/c24-14-21-23(20-12-10-18(11-13-20)9-8-17-6-7-17)22(15-26)25(21)29(27,28)16-19-4-2-1-3-5-19/h1-5,10-13,17,21-23,26H,6-7,15-16H2/t21-,22-,23-/m1/s1. The number of sulfonamides is 1. The predicted octanol–water partition coefficient (Wildman–Crippen LogP) is 2.63. The maximum atomic E-state index is 13.0. The van der Waals surface area contributed by atoms with Crippen molar-refractivity contribution >= 4 is 10.0 Å². The van der Waals surface area contributed by atoms with Crippen molar-refractivity contribution in [2.75, 3.05) is 6.61 Å². The lowest BCUT2D eigenvalue weighted by molar-refractivity contribution is 0.0555. The van der Waals surface area contributed by atoms with Crippen molar-refractivity contribution in [3.05, 3.63) is 71.3 Å². The Morgan fingerprint density at radius 1 is 1.07 bits per heavy atom. The Labute approximate surface area is 171 Å². The lowest BCUT2D eigenvalue weighted by atomic mass is 9.78. The Morgan fingerprint density at radius 2 is 1.76 bits per heavy atom. The molecule has 2 aromatic rings. The van der Waals surface area contributed by atoms with Crippen molar-refractivity contribution in [3.8, 4) is 17.9 Å². The number of aliphatic hydroxyl groups excluding tert-OH is 1. The fourth-order valence-corrected chi connectivity index (χ4v) is 5.71. The Morgan fingerprint density at radius 3 is 2.34 bits per heavy atom. The first-order valence-corrected chi connectivity index (χ1v) is 11.3. The first kappa shape index (κ1) is 19.7. The van der Waals surface area contributed by atoms with Crippen LogP contribution in [0.3, 0.4) is 0 Å². The van der Waals surface area contributed by atoms with Gasteiger partial charge >= 0.3 is 0 Å². The van der Waals surface area contributed by atoms with E-state index >= 15 is 0 Å². The highest BCUT2D eigenvalue weighted by Gasteiger charge is 2.54. The molecule has 0 unspecified atom stereocenters. The Bertz CT molecular complexity index is 1070. The van der Waals surface area contributed by atoms with E-state index in [1.54, 1.807) is 24.3 Å². The van der Waals surface area contributed by atoms with Crippen molar-refractivity contribution < 1.29 is 13.5 Å². The summed E-state index contributed by atoms with van der Waals surface area (Å²) < 4.78 is 27.1. The van der Waals surface area contributed by atoms with E-state index in [9.17, 15) is 18.8 Å². The van der Waals surface area contributed by atoms with Crippen molar-refractivity contribution in [1.29, 1.82) is 5.26 Å². The van der Waals surface area contributed by atoms with Gasteiger partial charge in [-0.15, -0.1) is 0 Å². The average molecular weight is 407 g/mol. The molecule has 3 atom stereocenters. The Hall–Kier alpha value is -2.64.